The summed E-state index contributed by atoms with van der Waals surface area (Å²) in [7, 11) is 0. The third kappa shape index (κ3) is 5.65. The van der Waals surface area contributed by atoms with Gasteiger partial charge < -0.3 is 0 Å². The molecule has 0 radical (unpaired) electrons. The summed E-state index contributed by atoms with van der Waals surface area (Å²) in [6, 6.07) is 21.4. The van der Waals surface area contributed by atoms with E-state index in [-0.39, 0.29) is 0 Å². The number of unbranched alkanes of at least 4 members (excludes halogenated alkanes) is 4. The van der Waals surface area contributed by atoms with Crippen molar-refractivity contribution in [1.82, 2.24) is 4.98 Å². The first kappa shape index (κ1) is 19.1. The highest BCUT2D eigenvalue weighted by atomic mass is 14.7. The Hall–Kier alpha value is -2.67. The lowest BCUT2D eigenvalue weighted by Gasteiger charge is -2.11. The van der Waals surface area contributed by atoms with Crippen molar-refractivity contribution in [2.75, 3.05) is 0 Å². The lowest BCUT2D eigenvalue weighted by molar-refractivity contribution is 0.655. The minimum Gasteiger partial charge on any atom is -0.256 e. The van der Waals surface area contributed by atoms with Crippen molar-refractivity contribution in [1.29, 1.82) is 0 Å². The number of nitrogens with zero attached hydrogens (tertiary/aromatic N) is 1. The maximum Gasteiger partial charge on any atom is 0.0736 e. The molecule has 2 aromatic carbocycles. The molecule has 0 saturated carbocycles. The molecule has 0 N–H and O–H groups in total. The molecule has 138 valence electrons. The number of rotatable bonds is 10. The summed E-state index contributed by atoms with van der Waals surface area (Å²) in [6.07, 6.45) is 14.5. The molecule has 0 spiro atoms. The van der Waals surface area contributed by atoms with Gasteiger partial charge >= 0.3 is 0 Å². The highest BCUT2D eigenvalue weighted by molar-refractivity contribution is 5.92. The molecule has 1 aromatic heterocycles. The van der Waals surface area contributed by atoms with Crippen LogP contribution in [0.2, 0.25) is 0 Å². The van der Waals surface area contributed by atoms with Gasteiger partial charge in [0, 0.05) is 11.6 Å². The van der Waals surface area contributed by atoms with Crippen LogP contribution in [0.25, 0.3) is 16.3 Å². The van der Waals surface area contributed by atoms with Gasteiger partial charge in [0.15, 0.2) is 0 Å². The minimum atomic E-state index is 0.956. The van der Waals surface area contributed by atoms with E-state index in [4.69, 9.17) is 4.98 Å². The molecular weight excluding hydrogens is 326 g/mol. The van der Waals surface area contributed by atoms with Crippen LogP contribution in [0.3, 0.4) is 0 Å². The quantitative estimate of drug-likeness (QED) is 0.273. The van der Waals surface area contributed by atoms with Gasteiger partial charge in [0.25, 0.3) is 0 Å². The van der Waals surface area contributed by atoms with Crippen LogP contribution in [-0.2, 0) is 6.42 Å². The Balaban J connectivity index is 1.79. The lowest BCUT2D eigenvalue weighted by atomic mass is 9.97. The van der Waals surface area contributed by atoms with Crippen molar-refractivity contribution in [3.63, 3.8) is 0 Å². The van der Waals surface area contributed by atoms with Crippen molar-refractivity contribution in [2.45, 2.75) is 44.9 Å². The normalized spacial score (nSPS) is 11.6. The largest absolute Gasteiger partial charge is 0.256 e. The number of benzene rings is 2. The first-order valence-corrected chi connectivity index (χ1v) is 10.1. The second-order valence-electron chi connectivity index (χ2n) is 7.04. The number of aromatic nitrogens is 1. The minimum absolute atomic E-state index is 0.956. The van der Waals surface area contributed by atoms with Gasteiger partial charge in [-0.1, -0.05) is 79.6 Å². The Bertz CT molecular complexity index is 872. The van der Waals surface area contributed by atoms with Gasteiger partial charge in [-0.15, -0.1) is 6.58 Å². The fourth-order valence-corrected chi connectivity index (χ4v) is 3.51. The molecule has 0 unspecified atom stereocenters. The van der Waals surface area contributed by atoms with Crippen LogP contribution in [0.1, 0.15) is 49.8 Å². The summed E-state index contributed by atoms with van der Waals surface area (Å²) in [5.74, 6) is 0. The van der Waals surface area contributed by atoms with Gasteiger partial charge in [-0.2, -0.15) is 0 Å². The van der Waals surface area contributed by atoms with E-state index in [1.54, 1.807) is 0 Å². The number of pyridine rings is 1. The van der Waals surface area contributed by atoms with Gasteiger partial charge in [-0.25, -0.2) is 0 Å². The molecule has 3 aromatic rings. The van der Waals surface area contributed by atoms with Crippen LogP contribution in [0, 0.1) is 0 Å². The molecule has 27 heavy (non-hydrogen) atoms. The lowest BCUT2D eigenvalue weighted by Crippen LogP contribution is -1.94. The predicted octanol–water partition coefficient (Wildman–Crippen LogP) is 7.39. The molecule has 0 bridgehead atoms. The zero-order valence-electron chi connectivity index (χ0n) is 16.1. The van der Waals surface area contributed by atoms with Gasteiger partial charge in [0.2, 0.25) is 0 Å². The first-order valence-electron chi connectivity index (χ1n) is 10.1. The average Bonchev–Trinajstić information content (AvgIpc) is 2.73. The molecule has 0 aliphatic heterocycles. The topological polar surface area (TPSA) is 12.9 Å². The SMILES string of the molecule is C=CCCCCCCC(=CCc1ccccc1)c1nccc2ccccc12. The van der Waals surface area contributed by atoms with Crippen molar-refractivity contribution in [3.05, 3.63) is 96.8 Å². The van der Waals surface area contributed by atoms with Crippen LogP contribution < -0.4 is 0 Å². The van der Waals surface area contributed by atoms with Crippen LogP contribution in [0.4, 0.5) is 0 Å². The summed E-state index contributed by atoms with van der Waals surface area (Å²) in [6.45, 7) is 3.81. The molecule has 1 heterocycles. The van der Waals surface area contributed by atoms with Crippen molar-refractivity contribution < 1.29 is 0 Å². The standard InChI is InChI=1S/C26H29N/c1-2-3-4-5-6-10-16-24(19-18-22-13-8-7-9-14-22)26-25-17-12-11-15-23(25)20-21-27-26/h2,7-9,11-15,17,19-21H,1,3-6,10,16,18H2. The molecule has 1 nitrogen and oxygen atoms in total. The van der Waals surface area contributed by atoms with E-state index in [9.17, 15) is 0 Å². The van der Waals surface area contributed by atoms with Crippen LogP contribution in [0.5, 0.6) is 0 Å². The molecule has 3 rings (SSSR count). The van der Waals surface area contributed by atoms with Gasteiger partial charge in [-0.3, -0.25) is 4.98 Å². The maximum absolute atomic E-state index is 4.77. The number of fused-ring (bicyclic) bond motifs is 1. The Morgan fingerprint density at radius 3 is 2.48 bits per heavy atom. The number of hydrogen-bond donors (Lipinski definition) is 0. The number of allylic oxidation sites excluding steroid dienone is 3. The van der Waals surface area contributed by atoms with Gasteiger partial charge in [0.1, 0.15) is 0 Å². The van der Waals surface area contributed by atoms with E-state index in [0.717, 1.165) is 25.0 Å². The zero-order valence-corrected chi connectivity index (χ0v) is 16.1. The maximum atomic E-state index is 4.77. The van der Waals surface area contributed by atoms with Crippen molar-refractivity contribution in [3.8, 4) is 0 Å². The summed E-state index contributed by atoms with van der Waals surface area (Å²) in [5.41, 5.74) is 3.87. The van der Waals surface area contributed by atoms with E-state index in [2.05, 4.69) is 73.3 Å². The second kappa shape index (κ2) is 10.5. The zero-order chi connectivity index (χ0) is 18.7. The van der Waals surface area contributed by atoms with E-state index in [1.165, 1.54) is 47.6 Å². The van der Waals surface area contributed by atoms with E-state index in [0.29, 0.717) is 0 Å². The third-order valence-corrected chi connectivity index (χ3v) is 5.01. The molecule has 0 aliphatic rings. The smallest absolute Gasteiger partial charge is 0.0736 e. The summed E-state index contributed by atoms with van der Waals surface area (Å²) < 4.78 is 0. The molecule has 0 aliphatic carbocycles. The molecule has 0 fully saturated rings. The van der Waals surface area contributed by atoms with E-state index in [1.807, 2.05) is 12.3 Å². The Morgan fingerprint density at radius 1 is 0.852 bits per heavy atom. The van der Waals surface area contributed by atoms with Crippen LogP contribution in [-0.4, -0.2) is 4.98 Å². The summed E-state index contributed by atoms with van der Waals surface area (Å²) in [4.78, 5) is 4.77. The molecular formula is C26H29N. The van der Waals surface area contributed by atoms with Gasteiger partial charge in [0.05, 0.1) is 5.69 Å². The van der Waals surface area contributed by atoms with Gasteiger partial charge in [-0.05, 0) is 54.7 Å². The Labute approximate surface area is 163 Å². The molecule has 0 amide bonds. The van der Waals surface area contributed by atoms with Crippen LogP contribution >= 0.6 is 0 Å². The average molecular weight is 356 g/mol. The fraction of sp³-hybridized carbons (Fsp3) is 0.269. The Kier molecular flexibility index (Phi) is 7.41. The summed E-state index contributed by atoms with van der Waals surface area (Å²) >= 11 is 0. The van der Waals surface area contributed by atoms with Crippen molar-refractivity contribution in [2.24, 2.45) is 0 Å². The second-order valence-corrected chi connectivity index (χ2v) is 7.04. The van der Waals surface area contributed by atoms with Crippen LogP contribution in [0.15, 0.2) is 85.6 Å². The highest BCUT2D eigenvalue weighted by Gasteiger charge is 2.08. The van der Waals surface area contributed by atoms with E-state index >= 15 is 0 Å². The summed E-state index contributed by atoms with van der Waals surface area (Å²) in [5, 5.41) is 2.52. The molecule has 0 atom stereocenters. The predicted molar refractivity (Wildman–Crippen MR) is 118 cm³/mol. The third-order valence-electron chi connectivity index (χ3n) is 5.01. The Morgan fingerprint density at radius 2 is 1.63 bits per heavy atom. The first-order chi connectivity index (χ1) is 13.4. The highest BCUT2D eigenvalue weighted by Crippen LogP contribution is 2.27. The monoisotopic (exact) mass is 355 g/mol. The molecule has 0 saturated heterocycles. The van der Waals surface area contributed by atoms with E-state index < -0.39 is 0 Å². The van der Waals surface area contributed by atoms with Crippen molar-refractivity contribution >= 4 is 16.3 Å². The molecule has 1 heteroatoms. The number of hydrogen-bond acceptors (Lipinski definition) is 1. The fourth-order valence-electron chi connectivity index (χ4n) is 3.51.